The van der Waals surface area contributed by atoms with Crippen LogP contribution in [0.25, 0.3) is 68.6 Å². The highest BCUT2D eigenvalue weighted by Gasteiger charge is 2.20. The number of ether oxygens (including phenoxy) is 1. The summed E-state index contributed by atoms with van der Waals surface area (Å²) in [6.45, 7) is 0. The maximum Gasteiger partial charge on any atom is 0.273 e. The summed E-state index contributed by atoms with van der Waals surface area (Å²) >= 11 is 3.85. The van der Waals surface area contributed by atoms with Gasteiger partial charge in [0.1, 0.15) is 17.1 Å². The van der Waals surface area contributed by atoms with Crippen molar-refractivity contribution >= 4 is 68.0 Å². The number of nitrogens with one attached hydrogen (secondary N) is 2. The molecule has 2 aliphatic rings. The van der Waals surface area contributed by atoms with Crippen LogP contribution in [0.2, 0.25) is 0 Å². The van der Waals surface area contributed by atoms with E-state index >= 15 is 0 Å². The van der Waals surface area contributed by atoms with Gasteiger partial charge in [0.2, 0.25) is 0 Å². The Bertz CT molecular complexity index is 2290. The molecule has 0 fully saturated rings. The molecule has 0 saturated carbocycles. The molecule has 0 aliphatic carbocycles. The molecule has 8 bridgehead atoms. The van der Waals surface area contributed by atoms with E-state index in [1.165, 1.54) is 12.1 Å². The first-order valence-electron chi connectivity index (χ1n) is 14.9. The number of hydrogen-bond donors (Lipinski definition) is 2. The number of halogens is 1. The molecule has 3 aromatic heterocycles. The minimum atomic E-state index is -0.443. The third-order valence-corrected chi connectivity index (χ3v) is 8.87. The van der Waals surface area contributed by atoms with E-state index in [4.69, 9.17) is 14.7 Å². The molecule has 3 aromatic carbocycles. The largest absolute Gasteiger partial charge is 0.453 e. The van der Waals surface area contributed by atoms with E-state index in [-0.39, 0.29) is 5.69 Å². The minimum Gasteiger partial charge on any atom is -0.453 e. The predicted molar refractivity (Wildman–Crippen MR) is 191 cm³/mol. The number of non-ortho nitro benzene ring substituents is 1. The number of nitro groups is 1. The van der Waals surface area contributed by atoms with Crippen molar-refractivity contribution in [2.24, 2.45) is 0 Å². The van der Waals surface area contributed by atoms with E-state index in [2.05, 4.69) is 50.2 Å². The summed E-state index contributed by atoms with van der Waals surface area (Å²) in [5, 5.41) is 11.6. The molecule has 0 atom stereocenters. The summed E-state index contributed by atoms with van der Waals surface area (Å²) in [5.41, 5.74) is 9.84. The van der Waals surface area contributed by atoms with Crippen molar-refractivity contribution in [1.29, 1.82) is 0 Å². The van der Waals surface area contributed by atoms with Crippen LogP contribution in [-0.4, -0.2) is 24.9 Å². The molecular formula is C38H24BrN5O3. The third kappa shape index (κ3) is 5.32. The van der Waals surface area contributed by atoms with Crippen molar-refractivity contribution in [1.82, 2.24) is 19.9 Å². The lowest BCUT2D eigenvalue weighted by atomic mass is 10.0. The van der Waals surface area contributed by atoms with Gasteiger partial charge < -0.3 is 14.7 Å². The van der Waals surface area contributed by atoms with Gasteiger partial charge in [0.15, 0.2) is 5.75 Å². The highest BCUT2D eigenvalue weighted by molar-refractivity contribution is 9.10. The number of H-pyrrole nitrogens is 2. The summed E-state index contributed by atoms with van der Waals surface area (Å²) in [6.07, 6.45) is 7.69. The van der Waals surface area contributed by atoms with Crippen molar-refractivity contribution in [2.75, 3.05) is 0 Å². The number of benzene rings is 3. The Kier molecular flexibility index (Phi) is 7.08. The molecule has 0 radical (unpaired) electrons. The van der Waals surface area contributed by atoms with Crippen molar-refractivity contribution in [3.8, 4) is 33.8 Å². The van der Waals surface area contributed by atoms with Crippen molar-refractivity contribution < 1.29 is 9.66 Å². The SMILES string of the molecule is O=[N+]([O-])c1cccc(Oc2c3nc(c(-c4ccccc4)c4ccc([nH]4)c(Br)c4ccc([nH]4)c(-c4ccccc4)c4nc2C=C4)C=C3)c1. The fourth-order valence-electron chi connectivity index (χ4n) is 5.85. The van der Waals surface area contributed by atoms with Crippen LogP contribution in [0.15, 0.2) is 114 Å². The monoisotopic (exact) mass is 677 g/mol. The third-order valence-electron chi connectivity index (χ3n) is 8.01. The van der Waals surface area contributed by atoms with Gasteiger partial charge in [-0.1, -0.05) is 66.7 Å². The fraction of sp³-hybridized carbons (Fsp3) is 0. The fourth-order valence-corrected chi connectivity index (χ4v) is 6.31. The zero-order valence-electron chi connectivity index (χ0n) is 24.6. The lowest BCUT2D eigenvalue weighted by Crippen LogP contribution is -1.94. The molecule has 0 unspecified atom stereocenters. The molecule has 8 nitrogen and oxygen atoms in total. The summed E-state index contributed by atoms with van der Waals surface area (Å²) in [4.78, 5) is 28.5. The van der Waals surface area contributed by atoms with Gasteiger partial charge in [-0.15, -0.1) is 0 Å². The maximum absolute atomic E-state index is 11.6. The van der Waals surface area contributed by atoms with Gasteiger partial charge in [0.25, 0.3) is 5.69 Å². The van der Waals surface area contributed by atoms with Crippen LogP contribution in [0.3, 0.4) is 0 Å². The first-order chi connectivity index (χ1) is 23.0. The van der Waals surface area contributed by atoms with E-state index in [0.717, 1.165) is 60.2 Å². The second-order valence-corrected chi connectivity index (χ2v) is 11.8. The van der Waals surface area contributed by atoms with Gasteiger partial charge in [-0.3, -0.25) is 10.1 Å². The molecule has 9 heteroatoms. The van der Waals surface area contributed by atoms with E-state index in [1.54, 1.807) is 12.1 Å². The van der Waals surface area contributed by atoms with Crippen LogP contribution >= 0.6 is 15.9 Å². The molecule has 5 heterocycles. The van der Waals surface area contributed by atoms with Crippen LogP contribution < -0.4 is 4.74 Å². The number of fused-ring (bicyclic) bond motifs is 8. The maximum atomic E-state index is 11.6. The Labute approximate surface area is 277 Å². The molecular weight excluding hydrogens is 654 g/mol. The van der Waals surface area contributed by atoms with Crippen molar-refractivity contribution in [3.63, 3.8) is 0 Å². The zero-order valence-corrected chi connectivity index (χ0v) is 26.2. The standard InChI is InChI=1S/C38H24BrN5O3/c39-37-31-18-14-27(40-31)35(23-8-3-1-4-9-23)29-16-20-33(42-29)38(47-26-13-7-12-25(22-26)44(45)46)34-21-17-30(43-34)36(24-10-5-2-6-11-24)28-15-19-32(37)41-28/h1-22,40-41H. The molecule has 0 spiro atoms. The second kappa shape index (κ2) is 11.7. The molecule has 2 N–H and O–H groups in total. The molecule has 0 saturated heterocycles. The number of hydrogen-bond acceptors (Lipinski definition) is 5. The Morgan fingerprint density at radius 3 is 1.60 bits per heavy atom. The Morgan fingerprint density at radius 1 is 0.596 bits per heavy atom. The second-order valence-electron chi connectivity index (χ2n) is 11.0. The van der Waals surface area contributed by atoms with Crippen LogP contribution in [-0.2, 0) is 0 Å². The van der Waals surface area contributed by atoms with E-state index in [9.17, 15) is 10.1 Å². The highest BCUT2D eigenvalue weighted by Crippen LogP contribution is 2.38. The summed E-state index contributed by atoms with van der Waals surface area (Å²) in [5.74, 6) is 0.686. The summed E-state index contributed by atoms with van der Waals surface area (Å²) in [6, 6.07) is 34.4. The van der Waals surface area contributed by atoms with Crippen LogP contribution in [0.4, 0.5) is 5.69 Å². The van der Waals surface area contributed by atoms with Gasteiger partial charge in [0, 0.05) is 28.2 Å². The first-order valence-corrected chi connectivity index (χ1v) is 15.7. The molecule has 2 aliphatic heterocycles. The summed E-state index contributed by atoms with van der Waals surface area (Å²) < 4.78 is 7.33. The molecule has 47 heavy (non-hydrogen) atoms. The normalized spacial score (nSPS) is 11.9. The number of aromatic nitrogens is 4. The van der Waals surface area contributed by atoms with Gasteiger partial charge in [-0.05, 0) is 81.7 Å². The lowest BCUT2D eigenvalue weighted by Gasteiger charge is -2.08. The van der Waals surface area contributed by atoms with Crippen LogP contribution in [0.1, 0.15) is 22.8 Å². The zero-order chi connectivity index (χ0) is 31.9. The molecule has 226 valence electrons. The van der Waals surface area contributed by atoms with Gasteiger partial charge in [0.05, 0.1) is 37.9 Å². The molecule has 6 aromatic rings. The number of nitrogens with zero attached hydrogens (tertiary/aromatic N) is 3. The van der Waals surface area contributed by atoms with Crippen molar-refractivity contribution in [3.05, 3.63) is 147 Å². The predicted octanol–water partition coefficient (Wildman–Crippen LogP) is 10.5. The Morgan fingerprint density at radius 2 is 1.09 bits per heavy atom. The van der Waals surface area contributed by atoms with E-state index < -0.39 is 4.92 Å². The average Bonchev–Trinajstić information content (AvgIpc) is 3.93. The van der Waals surface area contributed by atoms with Crippen molar-refractivity contribution in [2.45, 2.75) is 0 Å². The van der Waals surface area contributed by atoms with E-state index in [1.807, 2.05) is 85.0 Å². The average molecular weight is 679 g/mol. The van der Waals surface area contributed by atoms with Gasteiger partial charge >= 0.3 is 0 Å². The van der Waals surface area contributed by atoms with E-state index in [0.29, 0.717) is 22.9 Å². The number of rotatable bonds is 5. The lowest BCUT2D eigenvalue weighted by molar-refractivity contribution is -0.384. The minimum absolute atomic E-state index is 0.0731. The van der Waals surface area contributed by atoms with Gasteiger partial charge in [-0.25, -0.2) is 9.97 Å². The number of aromatic amines is 2. The number of nitro benzene ring substituents is 1. The first kappa shape index (κ1) is 28.4. The smallest absolute Gasteiger partial charge is 0.273 e. The van der Waals surface area contributed by atoms with Crippen LogP contribution in [0.5, 0.6) is 11.5 Å². The quantitative estimate of drug-likeness (QED) is 0.139. The molecule has 0 amide bonds. The van der Waals surface area contributed by atoms with Crippen LogP contribution in [0, 0.1) is 10.1 Å². The Hall–Kier alpha value is -6.06. The molecule has 8 rings (SSSR count). The topological polar surface area (TPSA) is 110 Å². The summed E-state index contributed by atoms with van der Waals surface area (Å²) in [7, 11) is 0. The van der Waals surface area contributed by atoms with Gasteiger partial charge in [-0.2, -0.15) is 0 Å². The highest BCUT2D eigenvalue weighted by atomic mass is 79.9. The Balaban J connectivity index is 1.50.